The fourth-order valence-corrected chi connectivity index (χ4v) is 2.28. The van der Waals surface area contributed by atoms with Gasteiger partial charge in [0.05, 0.1) is 0 Å². The zero-order valence-corrected chi connectivity index (χ0v) is 11.2. The summed E-state index contributed by atoms with van der Waals surface area (Å²) in [6.07, 6.45) is 1.71. The van der Waals surface area contributed by atoms with Crippen molar-refractivity contribution in [1.82, 2.24) is 0 Å². The van der Waals surface area contributed by atoms with E-state index in [-0.39, 0.29) is 30.1 Å². The summed E-state index contributed by atoms with van der Waals surface area (Å²) in [4.78, 5) is 0. The second-order valence-electron chi connectivity index (χ2n) is 4.61. The summed E-state index contributed by atoms with van der Waals surface area (Å²) in [6.45, 7) is 3.00. The molecule has 3 N–H and O–H groups in total. The van der Waals surface area contributed by atoms with Gasteiger partial charge in [-0.3, -0.25) is 0 Å². The molecule has 1 aliphatic heterocycles. The lowest BCUT2D eigenvalue weighted by atomic mass is 9.87. The Bertz CT molecular complexity index is 408. The fourth-order valence-electron chi connectivity index (χ4n) is 2.28. The Balaban J connectivity index is 0.00000162. The molecule has 0 aromatic heterocycles. The van der Waals surface area contributed by atoms with Crippen molar-refractivity contribution in [2.75, 3.05) is 13.2 Å². The maximum atomic E-state index is 13.6. The van der Waals surface area contributed by atoms with Gasteiger partial charge in [-0.2, -0.15) is 0 Å². The molecule has 1 heterocycles. The Labute approximate surface area is 113 Å². The molecule has 102 valence electrons. The largest absolute Gasteiger partial charge is 0.505 e. The van der Waals surface area contributed by atoms with E-state index in [0.717, 1.165) is 12.8 Å². The molecule has 0 amide bonds. The first-order valence-electron chi connectivity index (χ1n) is 5.92. The topological polar surface area (TPSA) is 55.5 Å². The molecule has 5 heteroatoms. The van der Waals surface area contributed by atoms with E-state index >= 15 is 0 Å². The second kappa shape index (κ2) is 6.36. The molecule has 2 rings (SSSR count). The van der Waals surface area contributed by atoms with Crippen LogP contribution in [-0.2, 0) is 4.74 Å². The zero-order chi connectivity index (χ0) is 12.4. The summed E-state index contributed by atoms with van der Waals surface area (Å²) in [7, 11) is 0. The normalized spacial score (nSPS) is 18.2. The molecule has 3 nitrogen and oxygen atoms in total. The van der Waals surface area contributed by atoms with E-state index in [0.29, 0.717) is 24.3 Å². The second-order valence-corrected chi connectivity index (χ2v) is 4.61. The first-order chi connectivity index (χ1) is 8.11. The van der Waals surface area contributed by atoms with E-state index < -0.39 is 5.82 Å². The molecular formula is C13H19ClFNO2. The Kier molecular flexibility index (Phi) is 5.38. The number of halogens is 2. The summed E-state index contributed by atoms with van der Waals surface area (Å²) in [5.74, 6) is -0.620. The third-order valence-corrected chi connectivity index (χ3v) is 3.47. The van der Waals surface area contributed by atoms with Crippen LogP contribution in [0.15, 0.2) is 12.1 Å². The number of aryl methyl sites for hydroxylation is 1. The molecule has 18 heavy (non-hydrogen) atoms. The summed E-state index contributed by atoms with van der Waals surface area (Å²) >= 11 is 0. The summed E-state index contributed by atoms with van der Waals surface area (Å²) in [5, 5.41) is 9.79. The number of phenolic OH excluding ortho intramolecular Hbond substituents is 1. The standard InChI is InChI=1S/C13H18FNO2.ClH/c1-8-2-3-10(13(16)11(8)14)12(15)9-4-6-17-7-5-9;/h2-3,9,12,16H,4-7,15H2,1H3;1H/t12-;/m0./s1. The lowest BCUT2D eigenvalue weighted by Gasteiger charge is -2.28. The van der Waals surface area contributed by atoms with Crippen molar-refractivity contribution < 1.29 is 14.2 Å². The van der Waals surface area contributed by atoms with Crippen LogP contribution >= 0.6 is 12.4 Å². The highest BCUT2D eigenvalue weighted by molar-refractivity contribution is 5.85. The highest BCUT2D eigenvalue weighted by Gasteiger charge is 2.25. The predicted octanol–water partition coefficient (Wildman–Crippen LogP) is 2.69. The van der Waals surface area contributed by atoms with Crippen LogP contribution in [0.1, 0.15) is 30.0 Å². The third kappa shape index (κ3) is 2.94. The molecule has 1 atom stereocenters. The van der Waals surface area contributed by atoms with Gasteiger partial charge in [-0.15, -0.1) is 12.4 Å². The van der Waals surface area contributed by atoms with Crippen LogP contribution in [-0.4, -0.2) is 18.3 Å². The number of hydrogen-bond donors (Lipinski definition) is 2. The molecular weight excluding hydrogens is 257 g/mol. The average molecular weight is 276 g/mol. The zero-order valence-electron chi connectivity index (χ0n) is 10.4. The van der Waals surface area contributed by atoms with Crippen molar-refractivity contribution in [3.8, 4) is 5.75 Å². The first kappa shape index (κ1) is 15.2. The first-order valence-corrected chi connectivity index (χ1v) is 5.92. The minimum atomic E-state index is -0.565. The number of benzene rings is 1. The van der Waals surface area contributed by atoms with Gasteiger partial charge >= 0.3 is 0 Å². The molecule has 1 aromatic rings. The van der Waals surface area contributed by atoms with Crippen molar-refractivity contribution in [3.05, 3.63) is 29.1 Å². The van der Waals surface area contributed by atoms with Crippen LogP contribution in [0.2, 0.25) is 0 Å². The van der Waals surface area contributed by atoms with Crippen LogP contribution in [0.25, 0.3) is 0 Å². The quantitative estimate of drug-likeness (QED) is 0.872. The minimum absolute atomic E-state index is 0. The highest BCUT2D eigenvalue weighted by Crippen LogP contribution is 2.34. The lowest BCUT2D eigenvalue weighted by molar-refractivity contribution is 0.0580. The maximum Gasteiger partial charge on any atom is 0.168 e. The van der Waals surface area contributed by atoms with Crippen LogP contribution in [0.4, 0.5) is 4.39 Å². The highest BCUT2D eigenvalue weighted by atomic mass is 35.5. The fraction of sp³-hybridized carbons (Fsp3) is 0.538. The number of phenols is 1. The van der Waals surface area contributed by atoms with Crippen molar-refractivity contribution >= 4 is 12.4 Å². The molecule has 0 aliphatic carbocycles. The van der Waals surface area contributed by atoms with Gasteiger partial charge in [0.15, 0.2) is 11.6 Å². The van der Waals surface area contributed by atoms with Gasteiger partial charge in [0.1, 0.15) is 0 Å². The number of hydrogen-bond acceptors (Lipinski definition) is 3. The average Bonchev–Trinajstić information content (AvgIpc) is 2.36. The Morgan fingerprint density at radius 3 is 2.61 bits per heavy atom. The van der Waals surface area contributed by atoms with Crippen LogP contribution < -0.4 is 5.73 Å². The van der Waals surface area contributed by atoms with Crippen LogP contribution in [0, 0.1) is 18.7 Å². The SMILES string of the molecule is Cc1ccc([C@@H](N)C2CCOCC2)c(O)c1F.Cl. The van der Waals surface area contributed by atoms with E-state index in [1.54, 1.807) is 19.1 Å². The van der Waals surface area contributed by atoms with E-state index in [4.69, 9.17) is 10.5 Å². The Morgan fingerprint density at radius 2 is 2.00 bits per heavy atom. The Morgan fingerprint density at radius 1 is 1.39 bits per heavy atom. The van der Waals surface area contributed by atoms with E-state index in [1.165, 1.54) is 0 Å². The van der Waals surface area contributed by atoms with Gasteiger partial charge in [0.2, 0.25) is 0 Å². The smallest absolute Gasteiger partial charge is 0.168 e. The number of ether oxygens (including phenoxy) is 1. The maximum absolute atomic E-state index is 13.6. The van der Waals surface area contributed by atoms with Gasteiger partial charge in [-0.05, 0) is 31.2 Å². The number of nitrogens with two attached hydrogens (primary N) is 1. The van der Waals surface area contributed by atoms with Gasteiger partial charge in [0.25, 0.3) is 0 Å². The molecule has 0 unspecified atom stereocenters. The lowest BCUT2D eigenvalue weighted by Crippen LogP contribution is -2.27. The van der Waals surface area contributed by atoms with Crippen LogP contribution in [0.3, 0.4) is 0 Å². The van der Waals surface area contributed by atoms with Crippen molar-refractivity contribution in [1.29, 1.82) is 0 Å². The molecule has 1 saturated heterocycles. The number of rotatable bonds is 2. The van der Waals surface area contributed by atoms with E-state index in [1.807, 2.05) is 0 Å². The number of aromatic hydroxyl groups is 1. The summed E-state index contributed by atoms with van der Waals surface area (Å²) in [6, 6.07) is 3.05. The molecule has 0 spiro atoms. The monoisotopic (exact) mass is 275 g/mol. The van der Waals surface area contributed by atoms with E-state index in [9.17, 15) is 9.50 Å². The van der Waals surface area contributed by atoms with Gasteiger partial charge < -0.3 is 15.6 Å². The molecule has 1 aliphatic rings. The Hall–Kier alpha value is -0.840. The summed E-state index contributed by atoms with van der Waals surface area (Å²) in [5.41, 5.74) is 7.04. The van der Waals surface area contributed by atoms with Crippen molar-refractivity contribution in [2.45, 2.75) is 25.8 Å². The van der Waals surface area contributed by atoms with Gasteiger partial charge in [-0.25, -0.2) is 4.39 Å². The molecule has 0 radical (unpaired) electrons. The van der Waals surface area contributed by atoms with Crippen molar-refractivity contribution in [3.63, 3.8) is 0 Å². The van der Waals surface area contributed by atoms with Crippen LogP contribution in [0.5, 0.6) is 5.75 Å². The summed E-state index contributed by atoms with van der Waals surface area (Å²) < 4.78 is 18.9. The van der Waals surface area contributed by atoms with E-state index in [2.05, 4.69) is 0 Å². The minimum Gasteiger partial charge on any atom is -0.505 e. The van der Waals surface area contributed by atoms with Gasteiger partial charge in [-0.1, -0.05) is 12.1 Å². The van der Waals surface area contributed by atoms with Gasteiger partial charge in [0, 0.05) is 24.8 Å². The molecule has 1 fully saturated rings. The molecule has 0 bridgehead atoms. The predicted molar refractivity (Wildman–Crippen MR) is 70.5 cm³/mol. The molecule has 0 saturated carbocycles. The van der Waals surface area contributed by atoms with Crippen molar-refractivity contribution in [2.24, 2.45) is 11.7 Å². The molecule has 1 aromatic carbocycles. The third-order valence-electron chi connectivity index (χ3n) is 3.47.